The molecule has 2 rings (SSSR count). The van der Waals surface area contributed by atoms with Crippen molar-refractivity contribution in [3.63, 3.8) is 0 Å². The standard InChI is InChI=1S/C13H16FNO3/c1-8-7-18-6-5-11(8)15-12-9(13(16)17)3-2-4-10(12)14/h2-4,8,11,15H,5-7H2,1H3,(H,16,17). The number of carboxylic acids is 1. The molecule has 0 bridgehead atoms. The summed E-state index contributed by atoms with van der Waals surface area (Å²) in [6, 6.07) is 4.10. The molecule has 0 aliphatic carbocycles. The Bertz CT molecular complexity index is 450. The number of benzene rings is 1. The Balaban J connectivity index is 2.24. The van der Waals surface area contributed by atoms with Crippen LogP contribution in [0.3, 0.4) is 0 Å². The first-order valence-corrected chi connectivity index (χ1v) is 5.95. The van der Waals surface area contributed by atoms with Crippen LogP contribution in [0.25, 0.3) is 0 Å². The number of nitrogens with one attached hydrogen (secondary N) is 1. The van der Waals surface area contributed by atoms with E-state index in [0.717, 1.165) is 6.42 Å². The monoisotopic (exact) mass is 253 g/mol. The maximum Gasteiger partial charge on any atom is 0.337 e. The fraction of sp³-hybridized carbons (Fsp3) is 0.462. The van der Waals surface area contributed by atoms with Gasteiger partial charge in [0.25, 0.3) is 0 Å². The van der Waals surface area contributed by atoms with Crippen LogP contribution in [0.5, 0.6) is 0 Å². The zero-order chi connectivity index (χ0) is 13.1. The van der Waals surface area contributed by atoms with Crippen molar-refractivity contribution in [3.05, 3.63) is 29.6 Å². The van der Waals surface area contributed by atoms with E-state index in [1.165, 1.54) is 18.2 Å². The van der Waals surface area contributed by atoms with Crippen LogP contribution < -0.4 is 5.32 Å². The van der Waals surface area contributed by atoms with E-state index in [2.05, 4.69) is 5.32 Å². The van der Waals surface area contributed by atoms with Gasteiger partial charge in [-0.3, -0.25) is 0 Å². The third-order valence-corrected chi connectivity index (χ3v) is 3.21. The highest BCUT2D eigenvalue weighted by atomic mass is 19.1. The van der Waals surface area contributed by atoms with Crippen molar-refractivity contribution in [2.45, 2.75) is 19.4 Å². The van der Waals surface area contributed by atoms with Gasteiger partial charge in [0.05, 0.1) is 17.9 Å². The second-order valence-electron chi connectivity index (χ2n) is 4.56. The maximum absolute atomic E-state index is 13.7. The molecule has 2 atom stereocenters. The van der Waals surface area contributed by atoms with Gasteiger partial charge in [-0.05, 0) is 24.5 Å². The molecule has 0 saturated carbocycles. The summed E-state index contributed by atoms with van der Waals surface area (Å²) >= 11 is 0. The molecule has 2 N–H and O–H groups in total. The third kappa shape index (κ3) is 2.61. The predicted octanol–water partition coefficient (Wildman–Crippen LogP) is 2.36. The lowest BCUT2D eigenvalue weighted by Crippen LogP contribution is -2.36. The smallest absolute Gasteiger partial charge is 0.337 e. The van der Waals surface area contributed by atoms with E-state index < -0.39 is 11.8 Å². The average molecular weight is 253 g/mol. The minimum absolute atomic E-state index is 0.0336. The van der Waals surface area contributed by atoms with Gasteiger partial charge in [-0.25, -0.2) is 9.18 Å². The lowest BCUT2D eigenvalue weighted by molar-refractivity contribution is 0.0536. The molecule has 1 saturated heterocycles. The fourth-order valence-electron chi connectivity index (χ4n) is 2.13. The fourth-order valence-corrected chi connectivity index (χ4v) is 2.13. The van der Waals surface area contributed by atoms with Crippen LogP contribution in [0.4, 0.5) is 10.1 Å². The van der Waals surface area contributed by atoms with Crippen LogP contribution in [0.2, 0.25) is 0 Å². The van der Waals surface area contributed by atoms with Crippen molar-refractivity contribution in [1.82, 2.24) is 0 Å². The lowest BCUT2D eigenvalue weighted by atomic mass is 9.97. The van der Waals surface area contributed by atoms with Crippen LogP contribution in [0, 0.1) is 11.7 Å². The Morgan fingerprint density at radius 1 is 1.56 bits per heavy atom. The van der Waals surface area contributed by atoms with Crippen LogP contribution in [-0.4, -0.2) is 30.3 Å². The number of para-hydroxylation sites is 1. The normalized spacial score (nSPS) is 23.7. The van der Waals surface area contributed by atoms with E-state index in [0.29, 0.717) is 13.2 Å². The first kappa shape index (κ1) is 12.8. The van der Waals surface area contributed by atoms with Gasteiger partial charge >= 0.3 is 5.97 Å². The first-order valence-electron chi connectivity index (χ1n) is 5.95. The Kier molecular flexibility index (Phi) is 3.81. The molecule has 5 heteroatoms. The lowest BCUT2D eigenvalue weighted by Gasteiger charge is -2.30. The van der Waals surface area contributed by atoms with Crippen molar-refractivity contribution >= 4 is 11.7 Å². The quantitative estimate of drug-likeness (QED) is 0.868. The number of rotatable bonds is 3. The summed E-state index contributed by atoms with van der Waals surface area (Å²) in [4.78, 5) is 11.1. The van der Waals surface area contributed by atoms with Crippen LogP contribution in [0.1, 0.15) is 23.7 Å². The Morgan fingerprint density at radius 3 is 3.00 bits per heavy atom. The molecular formula is C13H16FNO3. The van der Waals surface area contributed by atoms with Gasteiger partial charge in [0.1, 0.15) is 5.82 Å². The predicted molar refractivity (Wildman–Crippen MR) is 65.4 cm³/mol. The van der Waals surface area contributed by atoms with E-state index in [9.17, 15) is 9.18 Å². The molecule has 1 aromatic carbocycles. The van der Waals surface area contributed by atoms with Crippen molar-refractivity contribution in [1.29, 1.82) is 0 Å². The molecule has 1 aromatic rings. The minimum atomic E-state index is -1.13. The van der Waals surface area contributed by atoms with Gasteiger partial charge in [0.15, 0.2) is 0 Å². The Labute approximate surface area is 105 Å². The molecule has 1 aliphatic heterocycles. The van der Waals surface area contributed by atoms with Crippen LogP contribution in [0.15, 0.2) is 18.2 Å². The van der Waals surface area contributed by atoms with Gasteiger partial charge < -0.3 is 15.2 Å². The molecule has 0 spiro atoms. The molecule has 1 fully saturated rings. The number of carboxylic acid groups (broad SMARTS) is 1. The summed E-state index contributed by atoms with van der Waals surface area (Å²) in [5.74, 6) is -1.44. The summed E-state index contributed by atoms with van der Waals surface area (Å²) in [6.45, 7) is 3.21. The molecule has 2 unspecified atom stereocenters. The largest absolute Gasteiger partial charge is 0.478 e. The van der Waals surface area contributed by atoms with E-state index in [4.69, 9.17) is 9.84 Å². The van der Waals surface area contributed by atoms with Gasteiger partial charge in [-0.15, -0.1) is 0 Å². The van der Waals surface area contributed by atoms with Crippen molar-refractivity contribution < 1.29 is 19.0 Å². The molecule has 0 radical (unpaired) electrons. The number of hydrogen-bond donors (Lipinski definition) is 2. The van der Waals surface area contributed by atoms with E-state index in [-0.39, 0.29) is 23.2 Å². The molecule has 18 heavy (non-hydrogen) atoms. The van der Waals surface area contributed by atoms with Crippen LogP contribution in [-0.2, 0) is 4.74 Å². The van der Waals surface area contributed by atoms with Crippen molar-refractivity contribution in [2.75, 3.05) is 18.5 Å². The topological polar surface area (TPSA) is 58.6 Å². The number of halogens is 1. The minimum Gasteiger partial charge on any atom is -0.478 e. The third-order valence-electron chi connectivity index (χ3n) is 3.21. The summed E-state index contributed by atoms with van der Waals surface area (Å²) in [5.41, 5.74) is 0.0393. The highest BCUT2D eigenvalue weighted by Gasteiger charge is 2.24. The average Bonchev–Trinajstić information content (AvgIpc) is 2.34. The zero-order valence-electron chi connectivity index (χ0n) is 10.1. The van der Waals surface area contributed by atoms with Gasteiger partial charge in [-0.2, -0.15) is 0 Å². The summed E-state index contributed by atoms with van der Waals surface area (Å²) in [6.07, 6.45) is 0.745. The summed E-state index contributed by atoms with van der Waals surface area (Å²) < 4.78 is 19.0. The summed E-state index contributed by atoms with van der Waals surface area (Å²) in [5, 5.41) is 12.1. The maximum atomic E-state index is 13.7. The molecule has 1 heterocycles. The molecule has 98 valence electrons. The van der Waals surface area contributed by atoms with E-state index >= 15 is 0 Å². The van der Waals surface area contributed by atoms with Crippen molar-refractivity contribution in [2.24, 2.45) is 5.92 Å². The van der Waals surface area contributed by atoms with E-state index in [1.807, 2.05) is 6.92 Å². The zero-order valence-corrected chi connectivity index (χ0v) is 10.1. The first-order chi connectivity index (χ1) is 8.59. The molecule has 4 nitrogen and oxygen atoms in total. The molecule has 0 aromatic heterocycles. The molecular weight excluding hydrogens is 237 g/mol. The number of carbonyl (C=O) groups is 1. The second kappa shape index (κ2) is 5.35. The second-order valence-corrected chi connectivity index (χ2v) is 4.56. The van der Waals surface area contributed by atoms with Crippen LogP contribution >= 0.6 is 0 Å². The van der Waals surface area contributed by atoms with Gasteiger partial charge in [0, 0.05) is 12.6 Å². The highest BCUT2D eigenvalue weighted by molar-refractivity contribution is 5.94. The summed E-state index contributed by atoms with van der Waals surface area (Å²) in [7, 11) is 0. The van der Waals surface area contributed by atoms with Gasteiger partial charge in [-0.1, -0.05) is 13.0 Å². The number of anilines is 1. The molecule has 1 aliphatic rings. The molecule has 0 amide bonds. The Hall–Kier alpha value is -1.62. The van der Waals surface area contributed by atoms with Gasteiger partial charge in [0.2, 0.25) is 0 Å². The van der Waals surface area contributed by atoms with E-state index in [1.54, 1.807) is 0 Å². The SMILES string of the molecule is CC1COCCC1Nc1c(F)cccc1C(=O)O. The Morgan fingerprint density at radius 2 is 2.33 bits per heavy atom. The number of aromatic carboxylic acids is 1. The number of hydrogen-bond acceptors (Lipinski definition) is 3. The van der Waals surface area contributed by atoms with Crippen molar-refractivity contribution in [3.8, 4) is 0 Å². The number of ether oxygens (including phenoxy) is 1. The highest BCUT2D eigenvalue weighted by Crippen LogP contribution is 2.25.